The van der Waals surface area contributed by atoms with Crippen LogP contribution in [0.15, 0.2) is 41.3 Å². The Hall–Kier alpha value is -1.95. The van der Waals surface area contributed by atoms with Gasteiger partial charge in [0.25, 0.3) is 0 Å². The lowest BCUT2D eigenvalue weighted by atomic mass is 10.1. The maximum atomic E-state index is 12.9. The molecule has 0 saturated heterocycles. The fourth-order valence-electron chi connectivity index (χ4n) is 2.50. The summed E-state index contributed by atoms with van der Waals surface area (Å²) in [7, 11) is 1.52. The van der Waals surface area contributed by atoms with Gasteiger partial charge < -0.3 is 15.1 Å². The summed E-state index contributed by atoms with van der Waals surface area (Å²) < 4.78 is 28.0. The van der Waals surface area contributed by atoms with Crippen LogP contribution in [-0.2, 0) is 19.6 Å². The number of hydrogen-bond donors (Lipinski definition) is 3. The average Bonchev–Trinajstić information content (AvgIpc) is 2.62. The van der Waals surface area contributed by atoms with Gasteiger partial charge in [-0.2, -0.15) is 4.72 Å². The van der Waals surface area contributed by atoms with E-state index in [2.05, 4.69) is 4.72 Å². The minimum Gasteiger partial charge on any atom is -0.481 e. The molecular weight excluding hydrogens is 424 g/mol. The molecule has 2 rings (SSSR count). The molecule has 0 aliphatic heterocycles. The summed E-state index contributed by atoms with van der Waals surface area (Å²) in [5.41, 5.74) is 0.838. The van der Waals surface area contributed by atoms with Crippen molar-refractivity contribution in [3.8, 4) is 0 Å². The van der Waals surface area contributed by atoms with Gasteiger partial charge in [0, 0.05) is 36.3 Å². The quantitative estimate of drug-likeness (QED) is 0.373. The zero-order valence-corrected chi connectivity index (χ0v) is 17.6. The Morgan fingerprint density at radius 3 is 2.32 bits per heavy atom. The van der Waals surface area contributed by atoms with Gasteiger partial charge in [0.1, 0.15) is 11.8 Å². The predicted molar refractivity (Wildman–Crippen MR) is 113 cm³/mol. The number of nitrogens with zero attached hydrogens (tertiary/aromatic N) is 1. The van der Waals surface area contributed by atoms with E-state index in [0.717, 1.165) is 32.7 Å². The van der Waals surface area contributed by atoms with Crippen LogP contribution in [0.25, 0.3) is 10.8 Å². The molecule has 0 bridgehead atoms. The van der Waals surface area contributed by atoms with Gasteiger partial charge in [0.05, 0.1) is 4.90 Å². The molecule has 0 amide bonds. The monoisotopic (exact) mass is 444 g/mol. The van der Waals surface area contributed by atoms with Crippen LogP contribution < -0.4 is 9.62 Å². The lowest BCUT2D eigenvalue weighted by Crippen LogP contribution is -2.42. The number of rotatable bonds is 10. The molecule has 0 heterocycles. The summed E-state index contributed by atoms with van der Waals surface area (Å²) in [5, 5.41) is 19.2. The number of anilines is 1. The molecule has 152 valence electrons. The maximum absolute atomic E-state index is 12.9. The van der Waals surface area contributed by atoms with E-state index < -0.39 is 28.0 Å². The van der Waals surface area contributed by atoms with Crippen molar-refractivity contribution in [2.75, 3.05) is 30.5 Å². The molecule has 0 aliphatic rings. The molecule has 0 aromatic heterocycles. The average molecular weight is 445 g/mol. The molecule has 0 fully saturated rings. The molecule has 0 saturated carbocycles. The molecule has 8 nitrogen and oxygen atoms in total. The molecule has 3 N–H and O–H groups in total. The van der Waals surface area contributed by atoms with Crippen molar-refractivity contribution in [1.82, 2.24) is 4.72 Å². The third-order valence-electron chi connectivity index (χ3n) is 3.73. The number of hydrogen-bond acceptors (Lipinski definition) is 7. The molecule has 0 radical (unpaired) electrons. The Labute approximate surface area is 170 Å². The van der Waals surface area contributed by atoms with Crippen LogP contribution in [0.4, 0.5) is 5.69 Å². The van der Waals surface area contributed by atoms with Gasteiger partial charge in [0.15, 0.2) is 0 Å². The lowest BCUT2D eigenvalue weighted by Gasteiger charge is -2.18. The van der Waals surface area contributed by atoms with Crippen molar-refractivity contribution in [3.63, 3.8) is 0 Å². The molecule has 11 heteroatoms. The van der Waals surface area contributed by atoms with Crippen molar-refractivity contribution in [2.45, 2.75) is 10.9 Å². The number of carboxylic acid groups (broad SMARTS) is 2. The van der Waals surface area contributed by atoms with E-state index in [1.165, 1.54) is 6.07 Å². The molecule has 2 aromatic rings. The van der Waals surface area contributed by atoms with E-state index in [4.69, 9.17) is 5.11 Å². The summed E-state index contributed by atoms with van der Waals surface area (Å²) in [6, 6.07) is 8.73. The third kappa shape index (κ3) is 5.53. The Kier molecular flexibility index (Phi) is 7.58. The second-order valence-corrected chi connectivity index (χ2v) is 10.2. The van der Waals surface area contributed by atoms with E-state index in [0.29, 0.717) is 5.39 Å². The van der Waals surface area contributed by atoms with Crippen molar-refractivity contribution in [1.29, 1.82) is 0 Å². The zero-order valence-electron chi connectivity index (χ0n) is 15.2. The van der Waals surface area contributed by atoms with Crippen molar-refractivity contribution in [2.24, 2.45) is 0 Å². The number of benzene rings is 2. The van der Waals surface area contributed by atoms with Crippen LogP contribution in [0, 0.1) is 0 Å². The molecule has 0 aliphatic carbocycles. The summed E-state index contributed by atoms with van der Waals surface area (Å²) in [5.74, 6) is -2.68. The summed E-state index contributed by atoms with van der Waals surface area (Å²) in [6.45, 7) is 0. The van der Waals surface area contributed by atoms with Crippen LogP contribution >= 0.6 is 21.6 Å². The molecule has 1 atom stereocenters. The molecule has 0 spiro atoms. The first-order valence-electron chi connectivity index (χ1n) is 8.04. The van der Waals surface area contributed by atoms with Crippen LogP contribution in [0.5, 0.6) is 0 Å². The zero-order chi connectivity index (χ0) is 20.9. The van der Waals surface area contributed by atoms with E-state index in [9.17, 15) is 23.1 Å². The van der Waals surface area contributed by atoms with Gasteiger partial charge in [-0.25, -0.2) is 8.42 Å². The van der Waals surface area contributed by atoms with Crippen molar-refractivity contribution in [3.05, 3.63) is 36.4 Å². The van der Waals surface area contributed by atoms with Crippen molar-refractivity contribution >= 4 is 60.0 Å². The van der Waals surface area contributed by atoms with Gasteiger partial charge in [-0.05, 0) is 12.1 Å². The fraction of sp³-hybridized carbons (Fsp3) is 0.294. The largest absolute Gasteiger partial charge is 0.481 e. The SMILES string of the molecule is CN(C)c1cccc2c(S(=O)(=O)NC(CSSCC(=O)O)C(=O)O)cccc12. The van der Waals surface area contributed by atoms with Crippen LogP contribution in [0.3, 0.4) is 0 Å². The topological polar surface area (TPSA) is 124 Å². The highest BCUT2D eigenvalue weighted by Crippen LogP contribution is 2.30. The predicted octanol–water partition coefficient (Wildman–Crippen LogP) is 2.10. The van der Waals surface area contributed by atoms with E-state index in [1.807, 2.05) is 25.1 Å². The van der Waals surface area contributed by atoms with Crippen LogP contribution in [-0.4, -0.2) is 62.2 Å². The second-order valence-electron chi connectivity index (χ2n) is 5.98. The Morgan fingerprint density at radius 1 is 1.07 bits per heavy atom. The smallest absolute Gasteiger partial charge is 0.322 e. The number of aliphatic carboxylic acids is 2. The minimum atomic E-state index is -4.12. The third-order valence-corrected chi connectivity index (χ3v) is 7.52. The fourth-order valence-corrected chi connectivity index (χ4v) is 5.91. The summed E-state index contributed by atoms with van der Waals surface area (Å²) >= 11 is 0. The number of fused-ring (bicyclic) bond motifs is 1. The first-order valence-corrected chi connectivity index (χ1v) is 12.0. The van der Waals surface area contributed by atoms with Gasteiger partial charge in [-0.3, -0.25) is 9.59 Å². The lowest BCUT2D eigenvalue weighted by molar-refractivity contribution is -0.138. The highest BCUT2D eigenvalue weighted by Gasteiger charge is 2.27. The van der Waals surface area contributed by atoms with Gasteiger partial charge in [0.2, 0.25) is 10.0 Å². The maximum Gasteiger partial charge on any atom is 0.322 e. The summed E-state index contributed by atoms with van der Waals surface area (Å²) in [4.78, 5) is 23.8. The van der Waals surface area contributed by atoms with Gasteiger partial charge >= 0.3 is 11.9 Å². The standard InChI is InChI=1S/C17H20N2O6S3/c1-19(2)14-7-3-6-12-11(14)5-4-8-15(12)28(24,25)18-13(17(22)23)9-26-27-10-16(20)21/h3-8,13,18H,9-10H2,1-2H3,(H,20,21)(H,22,23). The Bertz CT molecular complexity index is 978. The first kappa shape index (κ1) is 22.3. The number of sulfonamides is 1. The van der Waals surface area contributed by atoms with E-state index in [1.54, 1.807) is 24.3 Å². The van der Waals surface area contributed by atoms with Gasteiger partial charge in [-0.1, -0.05) is 45.9 Å². The van der Waals surface area contributed by atoms with E-state index >= 15 is 0 Å². The first-order chi connectivity index (χ1) is 13.1. The van der Waals surface area contributed by atoms with Crippen LogP contribution in [0.1, 0.15) is 0 Å². The molecule has 28 heavy (non-hydrogen) atoms. The number of carboxylic acids is 2. The Morgan fingerprint density at radius 2 is 1.71 bits per heavy atom. The van der Waals surface area contributed by atoms with Crippen molar-refractivity contribution < 1.29 is 28.2 Å². The van der Waals surface area contributed by atoms with E-state index in [-0.39, 0.29) is 16.4 Å². The number of carbonyl (C=O) groups is 2. The Balaban J connectivity index is 2.31. The minimum absolute atomic E-state index is 0.0110. The highest BCUT2D eigenvalue weighted by atomic mass is 33.1. The second kappa shape index (κ2) is 9.50. The molecule has 1 unspecified atom stereocenters. The summed E-state index contributed by atoms with van der Waals surface area (Å²) in [6.07, 6.45) is 0. The normalized spacial score (nSPS) is 12.6. The van der Waals surface area contributed by atoms with Crippen LogP contribution in [0.2, 0.25) is 0 Å². The number of nitrogens with one attached hydrogen (secondary N) is 1. The molecule has 2 aromatic carbocycles. The van der Waals surface area contributed by atoms with Gasteiger partial charge in [-0.15, -0.1) is 0 Å². The molecular formula is C17H20N2O6S3. The highest BCUT2D eigenvalue weighted by molar-refractivity contribution is 8.76.